The van der Waals surface area contributed by atoms with E-state index in [1.54, 1.807) is 24.7 Å². The molecule has 9 nitrogen and oxygen atoms in total. The Hall–Kier alpha value is -3.70. The predicted molar refractivity (Wildman–Crippen MR) is 127 cm³/mol. The van der Waals surface area contributed by atoms with Gasteiger partial charge >= 0.3 is 10.2 Å². The zero-order chi connectivity index (χ0) is 24.6. The highest BCUT2D eigenvalue weighted by atomic mass is 32.2. The number of rotatable bonds is 7. The van der Waals surface area contributed by atoms with Gasteiger partial charge < -0.3 is 4.98 Å². The van der Waals surface area contributed by atoms with Crippen molar-refractivity contribution >= 4 is 32.7 Å². The molecule has 0 aliphatic rings. The topological polar surface area (TPSA) is 121 Å². The van der Waals surface area contributed by atoms with Crippen LogP contribution in [0, 0.1) is 5.82 Å². The van der Waals surface area contributed by atoms with Crippen LogP contribution in [0.25, 0.3) is 22.2 Å². The lowest BCUT2D eigenvalue weighted by Gasteiger charge is -2.14. The van der Waals surface area contributed by atoms with Gasteiger partial charge in [-0.3, -0.25) is 9.52 Å². The van der Waals surface area contributed by atoms with Crippen LogP contribution in [0.5, 0.6) is 0 Å². The Morgan fingerprint density at radius 2 is 1.74 bits per heavy atom. The van der Waals surface area contributed by atoms with E-state index in [1.807, 2.05) is 13.8 Å². The number of pyridine rings is 1. The third-order valence-electron chi connectivity index (χ3n) is 5.26. The van der Waals surface area contributed by atoms with Crippen LogP contribution >= 0.6 is 0 Å². The van der Waals surface area contributed by atoms with Crippen molar-refractivity contribution in [2.45, 2.75) is 19.8 Å². The van der Waals surface area contributed by atoms with Crippen molar-refractivity contribution in [3.8, 4) is 11.1 Å². The Labute approximate surface area is 196 Å². The molecular weight excluding hydrogens is 459 g/mol. The molecule has 11 heteroatoms. The van der Waals surface area contributed by atoms with Crippen molar-refractivity contribution in [2.75, 3.05) is 18.8 Å². The standard InChI is InChI=1S/C23H23FN6O3S/c1-13(2)22-25-10-15(11-26-22)14-8-17-18(12-28-23(17)27-9-14)21(31)16-6-5-7-19(20(16)24)29-34(32,33)30(3)4/h5-13,29H,1-4H3,(H,27,28). The molecule has 0 atom stereocenters. The molecule has 3 aromatic heterocycles. The van der Waals surface area contributed by atoms with Crippen molar-refractivity contribution in [3.05, 3.63) is 71.8 Å². The highest BCUT2D eigenvalue weighted by molar-refractivity contribution is 7.90. The minimum absolute atomic E-state index is 0.191. The lowest BCUT2D eigenvalue weighted by Crippen LogP contribution is -2.29. The molecule has 34 heavy (non-hydrogen) atoms. The average molecular weight is 483 g/mol. The number of anilines is 1. The molecule has 0 saturated heterocycles. The largest absolute Gasteiger partial charge is 0.345 e. The number of carbonyl (C=O) groups is 1. The molecule has 0 radical (unpaired) electrons. The maximum Gasteiger partial charge on any atom is 0.301 e. The fourth-order valence-corrected chi connectivity index (χ4v) is 3.91. The summed E-state index contributed by atoms with van der Waals surface area (Å²) in [6.07, 6.45) is 6.48. The van der Waals surface area contributed by atoms with E-state index in [4.69, 9.17) is 0 Å². The summed E-state index contributed by atoms with van der Waals surface area (Å²) in [5, 5.41) is 0.495. The first-order valence-electron chi connectivity index (χ1n) is 10.4. The molecule has 4 aromatic rings. The number of H-pyrrole nitrogens is 1. The number of carbonyl (C=O) groups excluding carboxylic acids is 1. The van der Waals surface area contributed by atoms with Crippen LogP contribution < -0.4 is 4.72 Å². The number of halogens is 1. The van der Waals surface area contributed by atoms with Gasteiger partial charge in [-0.1, -0.05) is 19.9 Å². The molecule has 3 heterocycles. The summed E-state index contributed by atoms with van der Waals surface area (Å²) in [5.41, 5.74) is 1.50. The van der Waals surface area contributed by atoms with Gasteiger partial charge in [-0.25, -0.2) is 19.3 Å². The molecule has 1 aromatic carbocycles. The second-order valence-electron chi connectivity index (χ2n) is 8.19. The second-order valence-corrected chi connectivity index (χ2v) is 10.1. The van der Waals surface area contributed by atoms with E-state index in [2.05, 4.69) is 24.7 Å². The van der Waals surface area contributed by atoms with Crippen LogP contribution in [0.3, 0.4) is 0 Å². The zero-order valence-electron chi connectivity index (χ0n) is 19.0. The number of hydrogen-bond donors (Lipinski definition) is 2. The van der Waals surface area contributed by atoms with Gasteiger partial charge in [0, 0.05) is 66.9 Å². The fourth-order valence-electron chi connectivity index (χ4n) is 3.30. The molecular formula is C23H23FN6O3S. The van der Waals surface area contributed by atoms with Crippen molar-refractivity contribution in [2.24, 2.45) is 0 Å². The van der Waals surface area contributed by atoms with Gasteiger partial charge in [0.25, 0.3) is 0 Å². The zero-order valence-corrected chi connectivity index (χ0v) is 19.8. The summed E-state index contributed by atoms with van der Waals surface area (Å²) in [6, 6.07) is 5.73. The smallest absolute Gasteiger partial charge is 0.301 e. The second kappa shape index (κ2) is 8.92. The molecule has 0 aliphatic carbocycles. The third kappa shape index (κ3) is 4.39. The first-order chi connectivity index (χ1) is 16.1. The highest BCUT2D eigenvalue weighted by Crippen LogP contribution is 2.28. The van der Waals surface area contributed by atoms with Gasteiger partial charge in [-0.05, 0) is 18.2 Å². The summed E-state index contributed by atoms with van der Waals surface area (Å²) >= 11 is 0. The van der Waals surface area contributed by atoms with E-state index in [0.29, 0.717) is 16.6 Å². The van der Waals surface area contributed by atoms with Crippen LogP contribution in [-0.2, 0) is 10.2 Å². The fraction of sp³-hybridized carbons (Fsp3) is 0.217. The summed E-state index contributed by atoms with van der Waals surface area (Å²) in [5.74, 6) is -0.666. The Balaban J connectivity index is 1.72. The molecule has 176 valence electrons. The number of nitrogens with one attached hydrogen (secondary N) is 2. The Bertz CT molecular complexity index is 1480. The van der Waals surface area contributed by atoms with Gasteiger partial charge in [-0.15, -0.1) is 0 Å². The summed E-state index contributed by atoms with van der Waals surface area (Å²) in [7, 11) is -1.32. The summed E-state index contributed by atoms with van der Waals surface area (Å²) in [6.45, 7) is 4.00. The number of fused-ring (bicyclic) bond motifs is 1. The number of ketones is 1. The Kier molecular flexibility index (Phi) is 6.15. The van der Waals surface area contributed by atoms with Crippen molar-refractivity contribution < 1.29 is 17.6 Å². The van der Waals surface area contributed by atoms with Gasteiger partial charge in [-0.2, -0.15) is 12.7 Å². The molecule has 0 saturated carbocycles. The number of aromatic nitrogens is 4. The lowest BCUT2D eigenvalue weighted by atomic mass is 10.0. The van der Waals surface area contributed by atoms with Crippen molar-refractivity contribution in [1.29, 1.82) is 0 Å². The van der Waals surface area contributed by atoms with Crippen LogP contribution in [-0.4, -0.2) is 52.5 Å². The Morgan fingerprint density at radius 1 is 1.06 bits per heavy atom. The Morgan fingerprint density at radius 3 is 2.38 bits per heavy atom. The van der Waals surface area contributed by atoms with Crippen LogP contribution in [0.15, 0.2) is 49.1 Å². The van der Waals surface area contributed by atoms with Gasteiger partial charge in [0.1, 0.15) is 11.5 Å². The van der Waals surface area contributed by atoms with Crippen LogP contribution in [0.2, 0.25) is 0 Å². The predicted octanol–water partition coefficient (Wildman–Crippen LogP) is 3.73. The number of aromatic amines is 1. The van der Waals surface area contributed by atoms with Crippen LogP contribution in [0.4, 0.5) is 10.1 Å². The van der Waals surface area contributed by atoms with Crippen molar-refractivity contribution in [1.82, 2.24) is 24.2 Å². The van der Waals surface area contributed by atoms with E-state index >= 15 is 4.39 Å². The molecule has 2 N–H and O–H groups in total. The van der Waals surface area contributed by atoms with Crippen LogP contribution in [0.1, 0.15) is 41.5 Å². The number of benzene rings is 1. The van der Waals surface area contributed by atoms with Gasteiger partial charge in [0.15, 0.2) is 11.6 Å². The third-order valence-corrected chi connectivity index (χ3v) is 6.70. The van der Waals surface area contributed by atoms with E-state index in [1.165, 1.54) is 38.5 Å². The molecule has 0 amide bonds. The maximum atomic E-state index is 15.1. The molecule has 0 unspecified atom stereocenters. The molecule has 0 fully saturated rings. The normalized spacial score (nSPS) is 12.0. The summed E-state index contributed by atoms with van der Waals surface area (Å²) in [4.78, 5) is 29.3. The first-order valence-corrected chi connectivity index (χ1v) is 11.9. The lowest BCUT2D eigenvalue weighted by molar-refractivity contribution is 0.103. The molecule has 0 bridgehead atoms. The number of hydrogen-bond acceptors (Lipinski definition) is 6. The monoisotopic (exact) mass is 482 g/mol. The minimum atomic E-state index is -3.95. The van der Waals surface area contributed by atoms with Gasteiger partial charge in [0.05, 0.1) is 11.3 Å². The van der Waals surface area contributed by atoms with E-state index in [0.717, 1.165) is 15.7 Å². The maximum absolute atomic E-state index is 15.1. The van der Waals surface area contributed by atoms with Crippen molar-refractivity contribution in [3.63, 3.8) is 0 Å². The SMILES string of the molecule is CC(C)c1ncc(-c2cnc3[nH]cc(C(=O)c4cccc(NS(=O)(=O)N(C)C)c4F)c3c2)cn1. The van der Waals surface area contributed by atoms with E-state index in [-0.39, 0.29) is 22.7 Å². The molecule has 0 aliphatic heterocycles. The quantitative estimate of drug-likeness (QED) is 0.387. The van der Waals surface area contributed by atoms with E-state index in [9.17, 15) is 13.2 Å². The average Bonchev–Trinajstić information content (AvgIpc) is 3.23. The first kappa shape index (κ1) is 23.5. The molecule has 4 rings (SSSR count). The number of nitrogens with zero attached hydrogens (tertiary/aromatic N) is 4. The summed E-state index contributed by atoms with van der Waals surface area (Å²) < 4.78 is 42.4. The highest BCUT2D eigenvalue weighted by Gasteiger charge is 2.23. The van der Waals surface area contributed by atoms with E-state index < -0.39 is 21.8 Å². The van der Waals surface area contributed by atoms with Gasteiger partial charge in [0.2, 0.25) is 0 Å². The minimum Gasteiger partial charge on any atom is -0.345 e. The molecule has 0 spiro atoms.